The van der Waals surface area contributed by atoms with Crippen molar-refractivity contribution in [2.75, 3.05) is 0 Å². The molecule has 0 spiro atoms. The SMILES string of the molecule is Cc1cc(C(=O)O)cc(S(=O)(=O)NCc2nnc3n2CCCCC3)c1C. The molecule has 8 nitrogen and oxygen atoms in total. The molecule has 140 valence electrons. The summed E-state index contributed by atoms with van der Waals surface area (Å²) in [5, 5.41) is 17.5. The maximum Gasteiger partial charge on any atom is 0.335 e. The minimum Gasteiger partial charge on any atom is -0.478 e. The zero-order valence-electron chi connectivity index (χ0n) is 14.8. The highest BCUT2D eigenvalue weighted by Crippen LogP contribution is 2.22. The Labute approximate surface area is 152 Å². The smallest absolute Gasteiger partial charge is 0.335 e. The molecule has 1 aromatic carbocycles. The van der Waals surface area contributed by atoms with E-state index >= 15 is 0 Å². The summed E-state index contributed by atoms with van der Waals surface area (Å²) in [6.07, 6.45) is 4.04. The molecule has 0 atom stereocenters. The Morgan fingerprint density at radius 2 is 2.00 bits per heavy atom. The molecule has 0 unspecified atom stereocenters. The Morgan fingerprint density at radius 1 is 1.23 bits per heavy atom. The van der Waals surface area contributed by atoms with Crippen molar-refractivity contribution in [3.8, 4) is 0 Å². The molecular weight excluding hydrogens is 356 g/mol. The average Bonchev–Trinajstić information content (AvgIpc) is 2.81. The van der Waals surface area contributed by atoms with E-state index in [2.05, 4.69) is 14.9 Å². The maximum absolute atomic E-state index is 12.7. The van der Waals surface area contributed by atoms with Gasteiger partial charge in [0.2, 0.25) is 10.0 Å². The van der Waals surface area contributed by atoms with Crippen LogP contribution in [0.5, 0.6) is 0 Å². The van der Waals surface area contributed by atoms with Crippen molar-refractivity contribution in [1.29, 1.82) is 0 Å². The molecule has 2 heterocycles. The van der Waals surface area contributed by atoms with Crippen LogP contribution in [0, 0.1) is 13.8 Å². The van der Waals surface area contributed by atoms with Gasteiger partial charge >= 0.3 is 5.97 Å². The predicted molar refractivity (Wildman–Crippen MR) is 94.5 cm³/mol. The standard InChI is InChI=1S/C17H22N4O4S/c1-11-8-13(17(22)23)9-14(12(11)2)26(24,25)18-10-16-20-19-15-6-4-3-5-7-21(15)16/h8-9,18H,3-7,10H2,1-2H3,(H,22,23). The van der Waals surface area contributed by atoms with E-state index in [0.29, 0.717) is 17.0 Å². The highest BCUT2D eigenvalue weighted by Gasteiger charge is 2.22. The van der Waals surface area contributed by atoms with Crippen LogP contribution in [0.3, 0.4) is 0 Å². The fraction of sp³-hybridized carbons (Fsp3) is 0.471. The van der Waals surface area contributed by atoms with E-state index in [1.165, 1.54) is 12.1 Å². The van der Waals surface area contributed by atoms with Crippen LogP contribution in [0.4, 0.5) is 0 Å². The van der Waals surface area contributed by atoms with Crippen LogP contribution in [-0.2, 0) is 29.5 Å². The minimum atomic E-state index is -3.88. The minimum absolute atomic E-state index is 0.0190. The molecule has 1 aliphatic rings. The van der Waals surface area contributed by atoms with Crippen LogP contribution >= 0.6 is 0 Å². The first kappa shape index (κ1) is 18.5. The summed E-state index contributed by atoms with van der Waals surface area (Å²) < 4.78 is 30.0. The Balaban J connectivity index is 1.87. The second-order valence-corrected chi connectivity index (χ2v) is 8.28. The number of rotatable bonds is 5. The van der Waals surface area contributed by atoms with Crippen molar-refractivity contribution >= 4 is 16.0 Å². The number of carboxylic acids is 1. The topological polar surface area (TPSA) is 114 Å². The highest BCUT2D eigenvalue weighted by molar-refractivity contribution is 7.89. The molecule has 0 radical (unpaired) electrons. The van der Waals surface area contributed by atoms with E-state index in [0.717, 1.165) is 38.1 Å². The number of hydrogen-bond acceptors (Lipinski definition) is 5. The van der Waals surface area contributed by atoms with Gasteiger partial charge in [0.25, 0.3) is 0 Å². The van der Waals surface area contributed by atoms with E-state index < -0.39 is 16.0 Å². The van der Waals surface area contributed by atoms with Gasteiger partial charge in [-0.25, -0.2) is 17.9 Å². The van der Waals surface area contributed by atoms with Crippen molar-refractivity contribution in [1.82, 2.24) is 19.5 Å². The van der Waals surface area contributed by atoms with Gasteiger partial charge in [-0.3, -0.25) is 0 Å². The van der Waals surface area contributed by atoms with Crippen molar-refractivity contribution in [2.45, 2.75) is 57.5 Å². The molecule has 0 fully saturated rings. The summed E-state index contributed by atoms with van der Waals surface area (Å²) in [5.41, 5.74) is 1.09. The summed E-state index contributed by atoms with van der Waals surface area (Å²) in [6.45, 7) is 4.16. The second-order valence-electron chi connectivity index (χ2n) is 6.54. The Kier molecular flexibility index (Phi) is 5.10. The molecule has 1 aromatic heterocycles. The van der Waals surface area contributed by atoms with Crippen molar-refractivity contribution in [3.63, 3.8) is 0 Å². The van der Waals surface area contributed by atoms with E-state index in [-0.39, 0.29) is 17.0 Å². The van der Waals surface area contributed by atoms with E-state index in [1.54, 1.807) is 13.8 Å². The Bertz CT molecular complexity index is 950. The fourth-order valence-corrected chi connectivity index (χ4v) is 4.46. The van der Waals surface area contributed by atoms with Gasteiger partial charge in [0.05, 0.1) is 17.0 Å². The first-order valence-corrected chi connectivity index (χ1v) is 10.0. The van der Waals surface area contributed by atoms with Gasteiger partial charge in [0.1, 0.15) is 11.6 Å². The molecule has 2 N–H and O–H groups in total. The van der Waals surface area contributed by atoms with E-state index in [4.69, 9.17) is 0 Å². The van der Waals surface area contributed by atoms with Crippen LogP contribution in [0.25, 0.3) is 0 Å². The maximum atomic E-state index is 12.7. The number of nitrogens with one attached hydrogen (secondary N) is 1. The predicted octanol–water partition coefficient (Wildman–Crippen LogP) is 1.80. The summed E-state index contributed by atoms with van der Waals surface area (Å²) in [7, 11) is -3.88. The number of benzene rings is 1. The zero-order chi connectivity index (χ0) is 18.9. The molecule has 0 bridgehead atoms. The molecule has 0 amide bonds. The molecule has 9 heteroatoms. The van der Waals surface area contributed by atoms with Gasteiger partial charge in [-0.05, 0) is 49.9 Å². The Hall–Kier alpha value is -2.26. The Morgan fingerprint density at radius 3 is 2.73 bits per heavy atom. The third-order valence-electron chi connectivity index (χ3n) is 4.76. The number of aromatic carboxylic acids is 1. The van der Waals surface area contributed by atoms with Crippen molar-refractivity contribution in [3.05, 3.63) is 40.5 Å². The fourth-order valence-electron chi connectivity index (χ4n) is 3.14. The van der Waals surface area contributed by atoms with E-state index in [9.17, 15) is 18.3 Å². The molecule has 0 saturated carbocycles. The van der Waals surface area contributed by atoms with Crippen molar-refractivity contribution < 1.29 is 18.3 Å². The van der Waals surface area contributed by atoms with Gasteiger partial charge in [0, 0.05) is 13.0 Å². The monoisotopic (exact) mass is 378 g/mol. The molecule has 0 aliphatic carbocycles. The molecule has 0 saturated heterocycles. The largest absolute Gasteiger partial charge is 0.478 e. The quantitative estimate of drug-likeness (QED) is 0.820. The van der Waals surface area contributed by atoms with Gasteiger partial charge in [0.15, 0.2) is 0 Å². The summed E-state index contributed by atoms with van der Waals surface area (Å²) in [5.74, 6) is 0.304. The lowest BCUT2D eigenvalue weighted by molar-refractivity contribution is 0.0696. The average molecular weight is 378 g/mol. The molecule has 1 aliphatic heterocycles. The third-order valence-corrected chi connectivity index (χ3v) is 6.29. The summed E-state index contributed by atoms with van der Waals surface area (Å²) in [4.78, 5) is 11.2. The van der Waals surface area contributed by atoms with Crippen molar-refractivity contribution in [2.24, 2.45) is 0 Å². The molecule has 26 heavy (non-hydrogen) atoms. The number of carbonyl (C=O) groups is 1. The normalized spacial score (nSPS) is 14.7. The lowest BCUT2D eigenvalue weighted by atomic mass is 10.1. The van der Waals surface area contributed by atoms with Crippen LogP contribution < -0.4 is 4.72 Å². The zero-order valence-corrected chi connectivity index (χ0v) is 15.6. The highest BCUT2D eigenvalue weighted by atomic mass is 32.2. The lowest BCUT2D eigenvalue weighted by Gasteiger charge is -2.13. The van der Waals surface area contributed by atoms with Crippen LogP contribution in [0.1, 0.15) is 52.4 Å². The lowest BCUT2D eigenvalue weighted by Crippen LogP contribution is -2.26. The van der Waals surface area contributed by atoms with E-state index in [1.807, 2.05) is 4.57 Å². The van der Waals surface area contributed by atoms with Crippen LogP contribution in [0.2, 0.25) is 0 Å². The molecule has 3 rings (SSSR count). The van der Waals surface area contributed by atoms with Crippen LogP contribution in [-0.4, -0.2) is 34.3 Å². The number of carboxylic acid groups (broad SMARTS) is 1. The first-order chi connectivity index (χ1) is 12.3. The number of sulfonamides is 1. The number of hydrogen-bond donors (Lipinski definition) is 2. The number of nitrogens with zero attached hydrogens (tertiary/aromatic N) is 3. The molecular formula is C17H22N4O4S. The van der Waals surface area contributed by atoms with Gasteiger partial charge in [-0.2, -0.15) is 0 Å². The summed E-state index contributed by atoms with van der Waals surface area (Å²) >= 11 is 0. The number of aromatic nitrogens is 3. The van der Waals surface area contributed by atoms with Gasteiger partial charge in [-0.15, -0.1) is 10.2 Å². The molecule has 2 aromatic rings. The van der Waals surface area contributed by atoms with Gasteiger partial charge < -0.3 is 9.67 Å². The first-order valence-electron chi connectivity index (χ1n) is 8.55. The second kappa shape index (κ2) is 7.16. The van der Waals surface area contributed by atoms with Gasteiger partial charge in [-0.1, -0.05) is 6.42 Å². The number of aryl methyl sites for hydroxylation is 2. The van der Waals surface area contributed by atoms with Crippen LogP contribution in [0.15, 0.2) is 17.0 Å². The number of fused-ring (bicyclic) bond motifs is 1. The summed E-state index contributed by atoms with van der Waals surface area (Å²) in [6, 6.07) is 2.66. The third kappa shape index (κ3) is 3.63.